The highest BCUT2D eigenvalue weighted by molar-refractivity contribution is 5.93. The largest absolute Gasteiger partial charge is 0.497 e. The van der Waals surface area contributed by atoms with Crippen LogP contribution in [0.4, 0.5) is 5.69 Å². The van der Waals surface area contributed by atoms with Crippen LogP contribution in [0.15, 0.2) is 47.1 Å². The van der Waals surface area contributed by atoms with Gasteiger partial charge in [0, 0.05) is 51.0 Å². The molecular formula is C25H31N3O4. The third-order valence-corrected chi connectivity index (χ3v) is 7.69. The van der Waals surface area contributed by atoms with Gasteiger partial charge in [0.25, 0.3) is 5.91 Å². The van der Waals surface area contributed by atoms with Crippen LogP contribution in [0.25, 0.3) is 0 Å². The Morgan fingerprint density at radius 2 is 1.84 bits per heavy atom. The summed E-state index contributed by atoms with van der Waals surface area (Å²) in [4.78, 5) is 32.9. The second kappa shape index (κ2) is 7.57. The summed E-state index contributed by atoms with van der Waals surface area (Å²) in [6.07, 6.45) is 2.34. The Morgan fingerprint density at radius 3 is 2.50 bits per heavy atom. The minimum absolute atomic E-state index is 0.0519. The number of likely N-dealkylation sites (tertiary alicyclic amines) is 1. The van der Waals surface area contributed by atoms with Crippen LogP contribution in [-0.2, 0) is 4.79 Å². The summed E-state index contributed by atoms with van der Waals surface area (Å²) in [7, 11) is 1.67. The van der Waals surface area contributed by atoms with Crippen molar-refractivity contribution in [2.45, 2.75) is 20.3 Å². The van der Waals surface area contributed by atoms with Gasteiger partial charge in [-0.2, -0.15) is 0 Å². The molecule has 0 spiro atoms. The maximum absolute atomic E-state index is 13.8. The van der Waals surface area contributed by atoms with E-state index in [1.54, 1.807) is 19.2 Å². The van der Waals surface area contributed by atoms with Crippen molar-refractivity contribution >= 4 is 17.5 Å². The summed E-state index contributed by atoms with van der Waals surface area (Å²) < 4.78 is 10.7. The van der Waals surface area contributed by atoms with Crippen LogP contribution < -0.4 is 9.64 Å². The van der Waals surface area contributed by atoms with E-state index in [1.807, 2.05) is 28.0 Å². The van der Waals surface area contributed by atoms with Gasteiger partial charge >= 0.3 is 0 Å². The lowest BCUT2D eigenvalue weighted by molar-refractivity contribution is -0.164. The first kappa shape index (κ1) is 20.9. The topological polar surface area (TPSA) is 66.2 Å². The molecule has 2 atom stereocenters. The molecule has 0 bridgehead atoms. The van der Waals surface area contributed by atoms with Crippen LogP contribution in [0, 0.1) is 16.7 Å². The van der Waals surface area contributed by atoms with Crippen molar-refractivity contribution in [2.75, 3.05) is 51.3 Å². The van der Waals surface area contributed by atoms with E-state index in [0.717, 1.165) is 30.9 Å². The minimum atomic E-state index is -0.468. The molecule has 32 heavy (non-hydrogen) atoms. The molecule has 3 aliphatic rings. The molecule has 0 radical (unpaired) electrons. The molecule has 7 heteroatoms. The van der Waals surface area contributed by atoms with Crippen molar-refractivity contribution in [3.8, 4) is 5.75 Å². The van der Waals surface area contributed by atoms with Crippen molar-refractivity contribution < 1.29 is 18.7 Å². The lowest BCUT2D eigenvalue weighted by atomic mass is 9.47. The number of benzene rings is 1. The standard InChI is InChI=1S/C25H31N3O4/c1-24(2)16-25(17-28(15-21(24)25)22(29)20-8-5-13-32-20)23(30)27-11-9-26(10-12-27)18-6-4-7-19(14-18)31-3/h4-8,13-14,21H,9-12,15-17H2,1-3H3/t21-,25+/m1/s1. The fourth-order valence-corrected chi connectivity index (χ4v) is 6.18. The van der Waals surface area contributed by atoms with Gasteiger partial charge in [0.05, 0.1) is 18.8 Å². The van der Waals surface area contributed by atoms with Gasteiger partial charge in [-0.1, -0.05) is 19.9 Å². The van der Waals surface area contributed by atoms with E-state index in [4.69, 9.17) is 9.15 Å². The third-order valence-electron chi connectivity index (χ3n) is 7.69. The number of fused-ring (bicyclic) bond motifs is 1. The Morgan fingerprint density at radius 1 is 1.06 bits per heavy atom. The van der Waals surface area contributed by atoms with Gasteiger partial charge in [-0.3, -0.25) is 9.59 Å². The molecule has 1 saturated carbocycles. The molecule has 2 aliphatic heterocycles. The van der Waals surface area contributed by atoms with Crippen LogP contribution in [-0.4, -0.2) is 68.0 Å². The Hall–Kier alpha value is -2.96. The van der Waals surface area contributed by atoms with Crippen molar-refractivity contribution in [1.29, 1.82) is 0 Å². The molecule has 2 aromatic rings. The summed E-state index contributed by atoms with van der Waals surface area (Å²) in [5.41, 5.74) is 0.702. The molecule has 1 aromatic carbocycles. The highest BCUT2D eigenvalue weighted by Crippen LogP contribution is 2.63. The maximum Gasteiger partial charge on any atom is 0.289 e. The highest BCUT2D eigenvalue weighted by atomic mass is 16.5. The first-order valence-electron chi connectivity index (χ1n) is 11.4. The van der Waals surface area contributed by atoms with Gasteiger partial charge in [-0.15, -0.1) is 0 Å². The van der Waals surface area contributed by atoms with E-state index in [-0.39, 0.29) is 23.1 Å². The predicted octanol–water partition coefficient (Wildman–Crippen LogP) is 3.13. The third kappa shape index (κ3) is 3.26. The molecular weight excluding hydrogens is 406 g/mol. The molecule has 3 fully saturated rings. The van der Waals surface area contributed by atoms with Crippen LogP contribution in [0.5, 0.6) is 5.75 Å². The van der Waals surface area contributed by atoms with Crippen molar-refractivity contribution in [2.24, 2.45) is 16.7 Å². The van der Waals surface area contributed by atoms with Gasteiger partial charge in [0.1, 0.15) is 5.75 Å². The Kier molecular flexibility index (Phi) is 4.95. The fraction of sp³-hybridized carbons (Fsp3) is 0.520. The number of methoxy groups -OCH3 is 1. The zero-order valence-corrected chi connectivity index (χ0v) is 19.0. The molecule has 7 nitrogen and oxygen atoms in total. The molecule has 2 amide bonds. The fourth-order valence-electron chi connectivity index (χ4n) is 6.18. The van der Waals surface area contributed by atoms with E-state index in [1.165, 1.54) is 6.26 Å². The van der Waals surface area contributed by atoms with E-state index in [9.17, 15) is 9.59 Å². The average Bonchev–Trinajstić information content (AvgIpc) is 3.45. The van der Waals surface area contributed by atoms with Crippen LogP contribution in [0.2, 0.25) is 0 Å². The molecule has 0 N–H and O–H groups in total. The first-order valence-corrected chi connectivity index (χ1v) is 11.4. The lowest BCUT2D eigenvalue weighted by Gasteiger charge is -2.56. The van der Waals surface area contributed by atoms with E-state index >= 15 is 0 Å². The van der Waals surface area contributed by atoms with Gasteiger partial charge in [-0.05, 0) is 42.0 Å². The molecule has 170 valence electrons. The molecule has 2 saturated heterocycles. The normalized spacial score (nSPS) is 26.5. The van der Waals surface area contributed by atoms with Crippen molar-refractivity contribution in [3.63, 3.8) is 0 Å². The number of carbonyl (C=O) groups is 2. The number of amides is 2. The predicted molar refractivity (Wildman–Crippen MR) is 121 cm³/mol. The summed E-state index contributed by atoms with van der Waals surface area (Å²) in [5.74, 6) is 1.46. The van der Waals surface area contributed by atoms with Crippen LogP contribution >= 0.6 is 0 Å². The maximum atomic E-state index is 13.8. The first-order chi connectivity index (χ1) is 15.3. The van der Waals surface area contributed by atoms with Crippen molar-refractivity contribution in [3.05, 3.63) is 48.4 Å². The average molecular weight is 438 g/mol. The summed E-state index contributed by atoms with van der Waals surface area (Å²) in [6.45, 7) is 8.48. The number of ether oxygens (including phenoxy) is 1. The number of rotatable bonds is 4. The molecule has 0 unspecified atom stereocenters. The van der Waals surface area contributed by atoms with Gasteiger partial charge in [-0.25, -0.2) is 0 Å². The molecule has 5 rings (SSSR count). The molecule has 1 aliphatic carbocycles. The van der Waals surface area contributed by atoms with E-state index in [2.05, 4.69) is 24.8 Å². The lowest BCUT2D eigenvalue weighted by Crippen LogP contribution is -2.63. The zero-order chi connectivity index (χ0) is 22.5. The number of furan rings is 1. The summed E-state index contributed by atoms with van der Waals surface area (Å²) in [5, 5.41) is 0. The van der Waals surface area contributed by atoms with Crippen molar-refractivity contribution in [1.82, 2.24) is 9.80 Å². The second-order valence-electron chi connectivity index (χ2n) is 10.0. The van der Waals surface area contributed by atoms with Gasteiger partial charge < -0.3 is 23.9 Å². The van der Waals surface area contributed by atoms with E-state index < -0.39 is 5.41 Å². The molecule has 3 heterocycles. The van der Waals surface area contributed by atoms with Gasteiger partial charge in [0.2, 0.25) is 5.91 Å². The number of hydrogen-bond donors (Lipinski definition) is 0. The van der Waals surface area contributed by atoms with Gasteiger partial charge in [0.15, 0.2) is 5.76 Å². The minimum Gasteiger partial charge on any atom is -0.497 e. The second-order valence-corrected chi connectivity index (χ2v) is 10.0. The quantitative estimate of drug-likeness (QED) is 0.735. The number of hydrogen-bond acceptors (Lipinski definition) is 5. The Bertz CT molecular complexity index is 1010. The molecule has 1 aromatic heterocycles. The number of carbonyl (C=O) groups excluding carboxylic acids is 2. The van der Waals surface area contributed by atoms with Crippen LogP contribution in [0.3, 0.4) is 0 Å². The SMILES string of the molecule is COc1cccc(N2CCN(C(=O)[C@@]34CN(C(=O)c5ccco5)C[C@@H]3C(C)(C)C4)CC2)c1. The Labute approximate surface area is 188 Å². The smallest absolute Gasteiger partial charge is 0.289 e. The number of nitrogens with zero attached hydrogens (tertiary/aromatic N) is 3. The monoisotopic (exact) mass is 437 g/mol. The number of anilines is 1. The zero-order valence-electron chi connectivity index (χ0n) is 19.0. The summed E-state index contributed by atoms with van der Waals surface area (Å²) in [6, 6.07) is 11.5. The number of piperazine rings is 1. The van der Waals surface area contributed by atoms with Crippen LogP contribution in [0.1, 0.15) is 30.8 Å². The Balaban J connectivity index is 1.29. The van der Waals surface area contributed by atoms with E-state index in [0.29, 0.717) is 31.9 Å². The summed E-state index contributed by atoms with van der Waals surface area (Å²) >= 11 is 0. The highest BCUT2D eigenvalue weighted by Gasteiger charge is 2.68.